The van der Waals surface area contributed by atoms with E-state index < -0.39 is 0 Å². The van der Waals surface area contributed by atoms with Crippen LogP contribution in [0.25, 0.3) is 0 Å². The number of methoxy groups -OCH3 is 1. The van der Waals surface area contributed by atoms with Gasteiger partial charge in [-0.3, -0.25) is 4.79 Å². The van der Waals surface area contributed by atoms with Crippen molar-refractivity contribution < 1.29 is 14.3 Å². The zero-order valence-corrected chi connectivity index (χ0v) is 11.7. The van der Waals surface area contributed by atoms with Crippen LogP contribution in [0.15, 0.2) is 18.2 Å². The molecule has 1 rings (SSSR count). The van der Waals surface area contributed by atoms with Gasteiger partial charge < -0.3 is 20.5 Å². The van der Waals surface area contributed by atoms with Gasteiger partial charge in [0.25, 0.3) is 0 Å². The predicted molar refractivity (Wildman–Crippen MR) is 74.4 cm³/mol. The molecule has 5 heteroatoms. The Morgan fingerprint density at radius 3 is 2.74 bits per heavy atom. The quantitative estimate of drug-likeness (QED) is 0.735. The average molecular weight is 266 g/mol. The Kier molecular flexibility index (Phi) is 6.15. The van der Waals surface area contributed by atoms with Crippen molar-refractivity contribution in [1.29, 1.82) is 0 Å². The zero-order chi connectivity index (χ0) is 14.3. The lowest BCUT2D eigenvalue weighted by Crippen LogP contribution is -2.18. The molecule has 106 valence electrons. The summed E-state index contributed by atoms with van der Waals surface area (Å²) in [6, 6.07) is 5.59. The minimum atomic E-state index is -0.0452. The van der Waals surface area contributed by atoms with Gasteiger partial charge in [-0.15, -0.1) is 0 Å². The van der Waals surface area contributed by atoms with E-state index in [9.17, 15) is 4.79 Å². The first-order valence-corrected chi connectivity index (χ1v) is 6.35. The summed E-state index contributed by atoms with van der Waals surface area (Å²) in [5.41, 5.74) is 6.81. The molecule has 0 aliphatic carbocycles. The van der Waals surface area contributed by atoms with Gasteiger partial charge in [-0.25, -0.2) is 0 Å². The molecule has 0 saturated heterocycles. The van der Waals surface area contributed by atoms with E-state index in [2.05, 4.69) is 5.32 Å². The number of benzene rings is 1. The van der Waals surface area contributed by atoms with Gasteiger partial charge in [0, 0.05) is 19.5 Å². The smallest absolute Gasteiger partial charge is 0.219 e. The Balaban J connectivity index is 2.56. The summed E-state index contributed by atoms with van der Waals surface area (Å²) in [7, 11) is 3.22. The van der Waals surface area contributed by atoms with Crippen LogP contribution in [-0.4, -0.2) is 26.7 Å². The Morgan fingerprint density at radius 2 is 2.16 bits per heavy atom. The number of nitrogens with one attached hydrogen (secondary N) is 1. The molecule has 19 heavy (non-hydrogen) atoms. The lowest BCUT2D eigenvalue weighted by molar-refractivity contribution is -0.120. The van der Waals surface area contributed by atoms with Gasteiger partial charge in [-0.05, 0) is 31.0 Å². The summed E-state index contributed by atoms with van der Waals surface area (Å²) in [5, 5.41) is 2.57. The van der Waals surface area contributed by atoms with Crippen molar-refractivity contribution in [3.8, 4) is 11.5 Å². The SMILES string of the molecule is CNC(=O)CCCOc1ccc(C(C)N)cc1OC. The molecule has 1 aromatic rings. The van der Waals surface area contributed by atoms with Gasteiger partial charge in [0.2, 0.25) is 5.91 Å². The van der Waals surface area contributed by atoms with Crippen molar-refractivity contribution in [3.05, 3.63) is 23.8 Å². The third-order valence-corrected chi connectivity index (χ3v) is 2.80. The van der Waals surface area contributed by atoms with E-state index >= 15 is 0 Å². The number of rotatable bonds is 7. The van der Waals surface area contributed by atoms with Crippen LogP contribution >= 0.6 is 0 Å². The molecular weight excluding hydrogens is 244 g/mol. The summed E-state index contributed by atoms with van der Waals surface area (Å²) in [6.07, 6.45) is 1.12. The van der Waals surface area contributed by atoms with Crippen molar-refractivity contribution in [2.24, 2.45) is 5.73 Å². The van der Waals surface area contributed by atoms with E-state index in [-0.39, 0.29) is 11.9 Å². The maximum absolute atomic E-state index is 11.1. The van der Waals surface area contributed by atoms with E-state index in [0.29, 0.717) is 30.9 Å². The fourth-order valence-electron chi connectivity index (χ4n) is 1.63. The van der Waals surface area contributed by atoms with E-state index in [1.807, 2.05) is 25.1 Å². The predicted octanol–water partition coefficient (Wildman–Crippen LogP) is 1.62. The molecule has 0 saturated carbocycles. The van der Waals surface area contributed by atoms with Crippen LogP contribution in [0.1, 0.15) is 31.4 Å². The third kappa shape index (κ3) is 4.79. The minimum absolute atomic E-state index is 0.0165. The highest BCUT2D eigenvalue weighted by atomic mass is 16.5. The van der Waals surface area contributed by atoms with Gasteiger partial charge in [0.1, 0.15) is 0 Å². The molecule has 0 aliphatic heterocycles. The van der Waals surface area contributed by atoms with E-state index in [1.54, 1.807) is 14.2 Å². The number of nitrogens with two attached hydrogens (primary N) is 1. The first-order chi connectivity index (χ1) is 9.08. The Bertz CT molecular complexity index is 419. The fraction of sp³-hybridized carbons (Fsp3) is 0.500. The molecular formula is C14H22N2O3. The molecule has 1 atom stereocenters. The van der Waals surface area contributed by atoms with Crippen LogP contribution in [0.5, 0.6) is 11.5 Å². The lowest BCUT2D eigenvalue weighted by Gasteiger charge is -2.13. The largest absolute Gasteiger partial charge is 0.493 e. The second-order valence-electron chi connectivity index (χ2n) is 4.32. The van der Waals surface area contributed by atoms with Crippen molar-refractivity contribution in [1.82, 2.24) is 5.32 Å². The maximum atomic E-state index is 11.1. The molecule has 0 heterocycles. The van der Waals surface area contributed by atoms with Gasteiger partial charge in [-0.2, -0.15) is 0 Å². The van der Waals surface area contributed by atoms with Crippen molar-refractivity contribution in [3.63, 3.8) is 0 Å². The molecule has 5 nitrogen and oxygen atoms in total. The van der Waals surface area contributed by atoms with E-state index in [1.165, 1.54) is 0 Å². The standard InChI is InChI=1S/C14H22N2O3/c1-10(15)11-6-7-12(13(9-11)18-3)19-8-4-5-14(17)16-2/h6-7,9-10H,4-5,8,15H2,1-3H3,(H,16,17). The first kappa shape index (κ1) is 15.3. The Morgan fingerprint density at radius 1 is 1.42 bits per heavy atom. The Hall–Kier alpha value is -1.75. The number of ether oxygens (including phenoxy) is 2. The molecule has 1 aromatic carbocycles. The fourth-order valence-corrected chi connectivity index (χ4v) is 1.63. The van der Waals surface area contributed by atoms with Crippen molar-refractivity contribution >= 4 is 5.91 Å². The zero-order valence-electron chi connectivity index (χ0n) is 11.7. The van der Waals surface area contributed by atoms with E-state index in [0.717, 1.165) is 5.56 Å². The van der Waals surface area contributed by atoms with Crippen molar-refractivity contribution in [2.75, 3.05) is 20.8 Å². The highest BCUT2D eigenvalue weighted by Gasteiger charge is 2.08. The summed E-state index contributed by atoms with van der Waals surface area (Å²) in [4.78, 5) is 11.1. The van der Waals surface area contributed by atoms with Crippen LogP contribution in [-0.2, 0) is 4.79 Å². The summed E-state index contributed by atoms with van der Waals surface area (Å²) < 4.78 is 10.9. The highest BCUT2D eigenvalue weighted by Crippen LogP contribution is 2.29. The molecule has 0 fully saturated rings. The second-order valence-corrected chi connectivity index (χ2v) is 4.32. The van der Waals surface area contributed by atoms with Gasteiger partial charge in [0.15, 0.2) is 11.5 Å². The summed E-state index contributed by atoms with van der Waals surface area (Å²) in [5.74, 6) is 1.35. The van der Waals surface area contributed by atoms with Crippen LogP contribution in [0, 0.1) is 0 Å². The van der Waals surface area contributed by atoms with Crippen molar-refractivity contribution in [2.45, 2.75) is 25.8 Å². The number of hydrogen-bond acceptors (Lipinski definition) is 4. The average Bonchev–Trinajstić information content (AvgIpc) is 2.42. The van der Waals surface area contributed by atoms with Crippen LogP contribution in [0.3, 0.4) is 0 Å². The van der Waals surface area contributed by atoms with Crippen LogP contribution in [0.4, 0.5) is 0 Å². The van der Waals surface area contributed by atoms with E-state index in [4.69, 9.17) is 15.2 Å². The van der Waals surface area contributed by atoms with Crippen LogP contribution < -0.4 is 20.5 Å². The maximum Gasteiger partial charge on any atom is 0.219 e. The minimum Gasteiger partial charge on any atom is -0.493 e. The second kappa shape index (κ2) is 7.63. The monoisotopic (exact) mass is 266 g/mol. The summed E-state index contributed by atoms with van der Waals surface area (Å²) in [6.45, 7) is 2.39. The normalized spacial score (nSPS) is 11.8. The van der Waals surface area contributed by atoms with Gasteiger partial charge in [0.05, 0.1) is 13.7 Å². The molecule has 0 radical (unpaired) electrons. The topological polar surface area (TPSA) is 73.6 Å². The molecule has 0 aliphatic rings. The molecule has 1 amide bonds. The van der Waals surface area contributed by atoms with Gasteiger partial charge >= 0.3 is 0 Å². The number of amides is 1. The molecule has 0 bridgehead atoms. The first-order valence-electron chi connectivity index (χ1n) is 6.35. The summed E-state index contributed by atoms with van der Waals surface area (Å²) >= 11 is 0. The molecule has 1 unspecified atom stereocenters. The van der Waals surface area contributed by atoms with Crippen LogP contribution in [0.2, 0.25) is 0 Å². The number of carbonyl (C=O) groups excluding carboxylic acids is 1. The number of carbonyl (C=O) groups is 1. The lowest BCUT2D eigenvalue weighted by atomic mass is 10.1. The Labute approximate surface area is 114 Å². The third-order valence-electron chi connectivity index (χ3n) is 2.80. The van der Waals surface area contributed by atoms with Gasteiger partial charge in [-0.1, -0.05) is 6.07 Å². The molecule has 0 spiro atoms. The highest BCUT2D eigenvalue weighted by molar-refractivity contribution is 5.75. The molecule has 0 aromatic heterocycles. The molecule has 3 N–H and O–H groups in total. The number of hydrogen-bond donors (Lipinski definition) is 2.